The number of nitrogens with two attached hydrogens (primary N) is 1. The van der Waals surface area contributed by atoms with Crippen molar-refractivity contribution in [3.8, 4) is 0 Å². The Bertz CT molecular complexity index is 815. The fourth-order valence-corrected chi connectivity index (χ4v) is 3.86. The van der Waals surface area contributed by atoms with E-state index in [0.717, 1.165) is 24.0 Å². The van der Waals surface area contributed by atoms with Crippen LogP contribution in [-0.2, 0) is 20.9 Å². The summed E-state index contributed by atoms with van der Waals surface area (Å²) in [7, 11) is 0. The van der Waals surface area contributed by atoms with Crippen LogP contribution in [0.15, 0.2) is 60.7 Å². The summed E-state index contributed by atoms with van der Waals surface area (Å²) >= 11 is 0. The molecule has 0 spiro atoms. The van der Waals surface area contributed by atoms with Crippen molar-refractivity contribution >= 4 is 11.9 Å². The molecule has 1 aliphatic heterocycles. The van der Waals surface area contributed by atoms with Crippen molar-refractivity contribution in [3.05, 3.63) is 71.8 Å². The third-order valence-corrected chi connectivity index (χ3v) is 5.41. The van der Waals surface area contributed by atoms with Gasteiger partial charge in [-0.1, -0.05) is 60.7 Å². The molecular weight excluding hydrogens is 364 g/mol. The maximum absolute atomic E-state index is 12.9. The molecule has 1 amide bonds. The quantitative estimate of drug-likeness (QED) is 0.756. The number of benzene rings is 2. The molecule has 1 saturated heterocycles. The predicted octanol–water partition coefficient (Wildman–Crippen LogP) is 3.84. The lowest BCUT2D eigenvalue weighted by atomic mass is 9.84. The van der Waals surface area contributed by atoms with Crippen molar-refractivity contribution in [2.45, 2.75) is 51.3 Å². The summed E-state index contributed by atoms with van der Waals surface area (Å²) in [5, 5.41) is 0. The molecule has 29 heavy (non-hydrogen) atoms. The summed E-state index contributed by atoms with van der Waals surface area (Å²) < 4.78 is 5.46. The number of nitrogens with zero attached hydrogens (tertiary/aromatic N) is 1. The average Bonchev–Trinajstić information content (AvgIpc) is 2.72. The van der Waals surface area contributed by atoms with Crippen LogP contribution in [0.5, 0.6) is 0 Å². The first-order valence-corrected chi connectivity index (χ1v) is 10.2. The molecule has 5 nitrogen and oxygen atoms in total. The number of carbonyl (C=O) groups excluding carboxylic acids is 2. The van der Waals surface area contributed by atoms with Crippen LogP contribution < -0.4 is 5.73 Å². The van der Waals surface area contributed by atoms with Crippen molar-refractivity contribution in [1.82, 2.24) is 4.90 Å². The summed E-state index contributed by atoms with van der Waals surface area (Å²) in [5.41, 5.74) is 7.23. The van der Waals surface area contributed by atoms with Gasteiger partial charge in [0.05, 0.1) is 11.6 Å². The Labute approximate surface area is 172 Å². The zero-order valence-corrected chi connectivity index (χ0v) is 17.2. The van der Waals surface area contributed by atoms with E-state index in [0.29, 0.717) is 19.6 Å². The number of carbonyl (C=O) groups is 2. The van der Waals surface area contributed by atoms with Crippen LogP contribution in [0, 0.1) is 5.92 Å². The standard InChI is InChI=1S/C24H30N2O3/c1-24(2,25)23(28)26-14-13-19(15-21(26)20-11-7-4-8-12-20)16-22(27)29-17-18-9-5-3-6-10-18/h3-12,19,21H,13-17,25H2,1-2H3. The Morgan fingerprint density at radius 3 is 2.31 bits per heavy atom. The van der Waals surface area contributed by atoms with E-state index in [2.05, 4.69) is 0 Å². The Morgan fingerprint density at radius 2 is 1.69 bits per heavy atom. The van der Waals surface area contributed by atoms with E-state index in [1.807, 2.05) is 65.6 Å². The van der Waals surface area contributed by atoms with Crippen molar-refractivity contribution < 1.29 is 14.3 Å². The van der Waals surface area contributed by atoms with Gasteiger partial charge in [0.2, 0.25) is 5.91 Å². The topological polar surface area (TPSA) is 72.6 Å². The first-order valence-electron chi connectivity index (χ1n) is 10.2. The fraction of sp³-hybridized carbons (Fsp3) is 0.417. The third-order valence-electron chi connectivity index (χ3n) is 5.41. The molecular formula is C24H30N2O3. The van der Waals surface area contributed by atoms with Gasteiger partial charge in [0.25, 0.3) is 0 Å². The summed E-state index contributed by atoms with van der Waals surface area (Å²) in [6, 6.07) is 19.6. The number of hydrogen-bond donors (Lipinski definition) is 1. The van der Waals surface area contributed by atoms with Crippen LogP contribution in [0.3, 0.4) is 0 Å². The SMILES string of the molecule is CC(C)(N)C(=O)N1CCC(CC(=O)OCc2ccccc2)CC1c1ccccc1. The normalized spacial score (nSPS) is 19.6. The molecule has 3 rings (SSSR count). The third kappa shape index (κ3) is 5.67. The van der Waals surface area contributed by atoms with Gasteiger partial charge in [-0.2, -0.15) is 0 Å². The number of esters is 1. The molecule has 0 radical (unpaired) electrons. The summed E-state index contributed by atoms with van der Waals surface area (Å²) in [5.74, 6) is -0.0746. The molecule has 0 aromatic heterocycles. The van der Waals surface area contributed by atoms with Gasteiger partial charge in [-0.3, -0.25) is 9.59 Å². The molecule has 2 aromatic carbocycles. The van der Waals surface area contributed by atoms with E-state index in [1.165, 1.54) is 0 Å². The zero-order valence-electron chi connectivity index (χ0n) is 17.2. The molecule has 1 aliphatic rings. The molecule has 1 fully saturated rings. The molecule has 2 atom stereocenters. The molecule has 1 heterocycles. The van der Waals surface area contributed by atoms with E-state index in [1.54, 1.807) is 13.8 Å². The first-order chi connectivity index (χ1) is 13.8. The van der Waals surface area contributed by atoms with Crippen molar-refractivity contribution in [1.29, 1.82) is 0 Å². The van der Waals surface area contributed by atoms with Gasteiger partial charge in [-0.25, -0.2) is 0 Å². The van der Waals surface area contributed by atoms with Crippen molar-refractivity contribution in [3.63, 3.8) is 0 Å². The van der Waals surface area contributed by atoms with Gasteiger partial charge in [0.15, 0.2) is 0 Å². The van der Waals surface area contributed by atoms with Crippen LogP contribution in [0.2, 0.25) is 0 Å². The summed E-state index contributed by atoms with van der Waals surface area (Å²) in [4.78, 5) is 27.2. The molecule has 2 N–H and O–H groups in total. The Hall–Kier alpha value is -2.66. The highest BCUT2D eigenvalue weighted by Crippen LogP contribution is 2.36. The van der Waals surface area contributed by atoms with Crippen molar-refractivity contribution in [2.75, 3.05) is 6.54 Å². The summed E-state index contributed by atoms with van der Waals surface area (Å²) in [6.45, 7) is 4.37. The summed E-state index contributed by atoms with van der Waals surface area (Å²) in [6.07, 6.45) is 1.86. The Kier molecular flexibility index (Phi) is 6.70. The molecule has 5 heteroatoms. The second kappa shape index (κ2) is 9.23. The number of rotatable bonds is 6. The molecule has 0 aliphatic carbocycles. The second-order valence-corrected chi connectivity index (χ2v) is 8.39. The van der Waals surface area contributed by atoms with Crippen molar-refractivity contribution in [2.24, 2.45) is 11.7 Å². The van der Waals surface area contributed by atoms with Gasteiger partial charge in [0.1, 0.15) is 6.61 Å². The van der Waals surface area contributed by atoms with Crippen LogP contribution >= 0.6 is 0 Å². The Balaban J connectivity index is 1.65. The lowest BCUT2D eigenvalue weighted by Gasteiger charge is -2.42. The monoisotopic (exact) mass is 394 g/mol. The van der Waals surface area contributed by atoms with Gasteiger partial charge >= 0.3 is 5.97 Å². The Morgan fingerprint density at radius 1 is 1.07 bits per heavy atom. The molecule has 0 saturated carbocycles. The van der Waals surface area contributed by atoms with Gasteiger partial charge in [-0.05, 0) is 43.7 Å². The highest BCUT2D eigenvalue weighted by molar-refractivity contribution is 5.85. The number of piperidine rings is 1. The van der Waals surface area contributed by atoms with E-state index < -0.39 is 5.54 Å². The van der Waals surface area contributed by atoms with Gasteiger partial charge in [0, 0.05) is 13.0 Å². The average molecular weight is 395 g/mol. The minimum atomic E-state index is -0.922. The minimum Gasteiger partial charge on any atom is -0.461 e. The highest BCUT2D eigenvalue weighted by atomic mass is 16.5. The molecule has 154 valence electrons. The lowest BCUT2D eigenvalue weighted by Crippen LogP contribution is -2.54. The fourth-order valence-electron chi connectivity index (χ4n) is 3.86. The lowest BCUT2D eigenvalue weighted by molar-refractivity contribution is -0.147. The largest absolute Gasteiger partial charge is 0.461 e. The van der Waals surface area contributed by atoms with E-state index >= 15 is 0 Å². The van der Waals surface area contributed by atoms with E-state index in [4.69, 9.17) is 10.5 Å². The predicted molar refractivity (Wildman–Crippen MR) is 113 cm³/mol. The number of likely N-dealkylation sites (tertiary alicyclic amines) is 1. The molecule has 0 bridgehead atoms. The van der Waals surface area contributed by atoms with Gasteiger partial charge < -0.3 is 15.4 Å². The maximum atomic E-state index is 12.9. The number of ether oxygens (including phenoxy) is 1. The van der Waals surface area contributed by atoms with E-state index in [9.17, 15) is 9.59 Å². The zero-order chi connectivity index (χ0) is 20.9. The molecule has 2 unspecified atom stereocenters. The first kappa shape index (κ1) is 21.1. The van der Waals surface area contributed by atoms with Crippen LogP contribution in [0.1, 0.15) is 50.3 Å². The molecule has 2 aromatic rings. The number of amides is 1. The van der Waals surface area contributed by atoms with Gasteiger partial charge in [-0.15, -0.1) is 0 Å². The van der Waals surface area contributed by atoms with Crippen LogP contribution in [0.4, 0.5) is 0 Å². The maximum Gasteiger partial charge on any atom is 0.306 e. The van der Waals surface area contributed by atoms with E-state index in [-0.39, 0.29) is 23.8 Å². The second-order valence-electron chi connectivity index (χ2n) is 8.39. The smallest absolute Gasteiger partial charge is 0.306 e. The van der Waals surface area contributed by atoms with Crippen LogP contribution in [-0.4, -0.2) is 28.9 Å². The minimum absolute atomic E-state index is 0.0588. The van der Waals surface area contributed by atoms with Crippen LogP contribution in [0.25, 0.3) is 0 Å². The highest BCUT2D eigenvalue weighted by Gasteiger charge is 2.38. The number of hydrogen-bond acceptors (Lipinski definition) is 4.